The van der Waals surface area contributed by atoms with Gasteiger partial charge in [-0.05, 0) is 40.3 Å². The molecule has 32 heavy (non-hydrogen) atoms. The van der Waals surface area contributed by atoms with Gasteiger partial charge in [0.1, 0.15) is 12.4 Å². The molecule has 2 heterocycles. The summed E-state index contributed by atoms with van der Waals surface area (Å²) in [6, 6.07) is 19.2. The molecule has 0 saturated carbocycles. The first-order chi connectivity index (χ1) is 15.7. The van der Waals surface area contributed by atoms with Crippen molar-refractivity contribution in [3.05, 3.63) is 89.9 Å². The molecule has 0 fully saturated rings. The van der Waals surface area contributed by atoms with E-state index in [1.807, 2.05) is 30.3 Å². The number of hydrogen-bond donors (Lipinski definition) is 0. The molecule has 160 valence electrons. The molecule has 0 N–H and O–H groups in total. The fraction of sp³-hybridized carbons (Fsp3) is 0.0870. The van der Waals surface area contributed by atoms with Crippen LogP contribution in [0, 0.1) is 0 Å². The maximum absolute atomic E-state index is 13.1. The van der Waals surface area contributed by atoms with Crippen molar-refractivity contribution in [3.8, 4) is 11.4 Å². The van der Waals surface area contributed by atoms with Gasteiger partial charge >= 0.3 is 11.9 Å². The van der Waals surface area contributed by atoms with Crippen molar-refractivity contribution in [1.29, 1.82) is 0 Å². The highest BCUT2D eigenvalue weighted by molar-refractivity contribution is 6.15. The monoisotopic (exact) mass is 430 g/mol. The Balaban J connectivity index is 1.62. The third-order valence-electron chi connectivity index (χ3n) is 4.48. The highest BCUT2D eigenvalue weighted by Gasteiger charge is 2.21. The summed E-state index contributed by atoms with van der Waals surface area (Å²) in [7, 11) is 1.30. The Morgan fingerprint density at radius 1 is 1.06 bits per heavy atom. The molecule has 9 nitrogen and oxygen atoms in total. The molecule has 0 spiro atoms. The molecular weight excluding hydrogens is 412 g/mol. The second kappa shape index (κ2) is 9.52. The van der Waals surface area contributed by atoms with Crippen LogP contribution in [0.3, 0.4) is 0 Å². The Bertz CT molecular complexity index is 1250. The summed E-state index contributed by atoms with van der Waals surface area (Å²) >= 11 is 0. The van der Waals surface area contributed by atoms with E-state index >= 15 is 0 Å². The fourth-order valence-electron chi connectivity index (χ4n) is 2.96. The number of ether oxygens (including phenoxy) is 2. The van der Waals surface area contributed by atoms with Crippen molar-refractivity contribution in [2.45, 2.75) is 6.61 Å². The zero-order valence-corrected chi connectivity index (χ0v) is 17.0. The van der Waals surface area contributed by atoms with Crippen molar-refractivity contribution in [3.63, 3.8) is 0 Å². The van der Waals surface area contributed by atoms with Gasteiger partial charge in [0.15, 0.2) is 11.5 Å². The number of benzene rings is 2. The SMILES string of the molecule is COC(=O)c1cccc(COC(=O)/C(=C/c2ccco2)n2nnnc2-c2ccccc2)c1. The van der Waals surface area contributed by atoms with E-state index < -0.39 is 11.9 Å². The van der Waals surface area contributed by atoms with Gasteiger partial charge in [-0.25, -0.2) is 9.59 Å². The van der Waals surface area contributed by atoms with Gasteiger partial charge in [-0.1, -0.05) is 42.5 Å². The van der Waals surface area contributed by atoms with Gasteiger partial charge in [-0.15, -0.1) is 5.10 Å². The normalized spacial score (nSPS) is 11.2. The second-order valence-corrected chi connectivity index (χ2v) is 6.59. The number of rotatable bonds is 7. The predicted octanol–water partition coefficient (Wildman–Crippen LogP) is 3.46. The maximum Gasteiger partial charge on any atom is 0.357 e. The van der Waals surface area contributed by atoms with Crippen LogP contribution in [0.2, 0.25) is 0 Å². The van der Waals surface area contributed by atoms with Gasteiger partial charge in [0.2, 0.25) is 0 Å². The molecule has 0 saturated heterocycles. The first-order valence-electron chi connectivity index (χ1n) is 9.59. The Labute approximate surface area is 182 Å². The molecule has 0 amide bonds. The van der Waals surface area contributed by atoms with Gasteiger partial charge in [0.05, 0.1) is 18.9 Å². The number of esters is 2. The largest absolute Gasteiger partial charge is 0.465 e. The minimum atomic E-state index is -0.672. The zero-order valence-electron chi connectivity index (χ0n) is 17.0. The lowest BCUT2D eigenvalue weighted by Gasteiger charge is -2.10. The van der Waals surface area contributed by atoms with E-state index in [9.17, 15) is 9.59 Å². The molecule has 2 aromatic heterocycles. The number of furan rings is 1. The summed E-state index contributed by atoms with van der Waals surface area (Å²) in [4.78, 5) is 24.8. The van der Waals surface area contributed by atoms with Gasteiger partial charge in [0, 0.05) is 11.6 Å². The first kappa shape index (κ1) is 20.7. The molecule has 0 bridgehead atoms. The number of carbonyl (C=O) groups excluding carboxylic acids is 2. The van der Waals surface area contributed by atoms with Crippen molar-refractivity contribution < 1.29 is 23.5 Å². The lowest BCUT2D eigenvalue weighted by molar-refractivity contribution is -0.138. The summed E-state index contributed by atoms with van der Waals surface area (Å²) in [5, 5.41) is 11.8. The smallest absolute Gasteiger partial charge is 0.357 e. The number of carbonyl (C=O) groups is 2. The summed E-state index contributed by atoms with van der Waals surface area (Å²) in [5.74, 6) is -0.348. The van der Waals surface area contributed by atoms with Crippen molar-refractivity contribution in [1.82, 2.24) is 20.2 Å². The molecule has 4 rings (SSSR count). The highest BCUT2D eigenvalue weighted by Crippen LogP contribution is 2.22. The van der Waals surface area contributed by atoms with E-state index in [-0.39, 0.29) is 12.3 Å². The van der Waals surface area contributed by atoms with Crippen LogP contribution in [0.15, 0.2) is 77.4 Å². The fourth-order valence-corrected chi connectivity index (χ4v) is 2.96. The Morgan fingerprint density at radius 3 is 2.66 bits per heavy atom. The van der Waals surface area contributed by atoms with Crippen LogP contribution in [0.25, 0.3) is 23.2 Å². The van der Waals surface area contributed by atoms with E-state index in [1.165, 1.54) is 24.1 Å². The van der Waals surface area contributed by atoms with Gasteiger partial charge in [-0.2, -0.15) is 4.68 Å². The van der Waals surface area contributed by atoms with Gasteiger partial charge in [0.25, 0.3) is 0 Å². The highest BCUT2D eigenvalue weighted by atomic mass is 16.5. The van der Waals surface area contributed by atoms with E-state index in [1.54, 1.807) is 36.4 Å². The molecule has 0 aliphatic carbocycles. The van der Waals surface area contributed by atoms with Crippen molar-refractivity contribution in [2.24, 2.45) is 0 Å². The average molecular weight is 430 g/mol. The zero-order chi connectivity index (χ0) is 22.3. The Morgan fingerprint density at radius 2 is 1.91 bits per heavy atom. The second-order valence-electron chi connectivity index (χ2n) is 6.59. The van der Waals surface area contributed by atoms with E-state index in [4.69, 9.17) is 13.9 Å². The quantitative estimate of drug-likeness (QED) is 0.324. The lowest BCUT2D eigenvalue weighted by atomic mass is 10.1. The molecule has 0 aliphatic rings. The molecule has 0 unspecified atom stereocenters. The average Bonchev–Trinajstić information content (AvgIpc) is 3.53. The van der Waals surface area contributed by atoms with Crippen molar-refractivity contribution in [2.75, 3.05) is 7.11 Å². The minimum Gasteiger partial charge on any atom is -0.465 e. The molecule has 2 aromatic carbocycles. The Hall–Kier alpha value is -4.53. The summed E-state index contributed by atoms with van der Waals surface area (Å²) < 4.78 is 16.9. The van der Waals surface area contributed by atoms with E-state index in [2.05, 4.69) is 15.5 Å². The van der Waals surface area contributed by atoms with Crippen LogP contribution in [0.4, 0.5) is 0 Å². The van der Waals surface area contributed by atoms with Crippen LogP contribution in [-0.2, 0) is 20.9 Å². The molecule has 0 radical (unpaired) electrons. The number of hydrogen-bond acceptors (Lipinski definition) is 8. The van der Waals surface area contributed by atoms with Gasteiger partial charge in [-0.3, -0.25) is 0 Å². The Kier molecular flexibility index (Phi) is 6.17. The third-order valence-corrected chi connectivity index (χ3v) is 4.48. The first-order valence-corrected chi connectivity index (χ1v) is 9.59. The number of aromatic nitrogens is 4. The molecule has 4 aromatic rings. The minimum absolute atomic E-state index is 0.0629. The molecule has 0 atom stereocenters. The van der Waals surface area contributed by atoms with Crippen LogP contribution in [-0.4, -0.2) is 39.3 Å². The summed E-state index contributed by atoms with van der Waals surface area (Å²) in [6.07, 6.45) is 2.99. The van der Waals surface area contributed by atoms with E-state index in [0.717, 1.165) is 5.56 Å². The number of methoxy groups -OCH3 is 1. The molecule has 0 aliphatic heterocycles. The van der Waals surface area contributed by atoms with Gasteiger partial charge < -0.3 is 13.9 Å². The summed E-state index contributed by atoms with van der Waals surface area (Å²) in [5.41, 5.74) is 1.77. The van der Waals surface area contributed by atoms with E-state index in [0.29, 0.717) is 22.7 Å². The lowest BCUT2D eigenvalue weighted by Crippen LogP contribution is -2.15. The standard InChI is InChI=1S/C23H18N4O5/c1-30-22(28)18-10-5-7-16(13-18)15-32-23(29)20(14-19-11-6-12-31-19)27-21(24-25-26-27)17-8-3-2-4-9-17/h2-14H,15H2,1H3/b20-14-. The number of tetrazole rings is 1. The van der Waals surface area contributed by atoms with Crippen LogP contribution in [0.1, 0.15) is 21.7 Å². The third kappa shape index (κ3) is 4.62. The molecule has 9 heteroatoms. The maximum atomic E-state index is 13.1. The van der Waals surface area contributed by atoms with Crippen LogP contribution in [0.5, 0.6) is 0 Å². The van der Waals surface area contributed by atoms with Crippen LogP contribution < -0.4 is 0 Å². The topological polar surface area (TPSA) is 109 Å². The summed E-state index contributed by atoms with van der Waals surface area (Å²) in [6.45, 7) is -0.0675. The number of nitrogens with zero attached hydrogens (tertiary/aromatic N) is 4. The van der Waals surface area contributed by atoms with Crippen molar-refractivity contribution >= 4 is 23.7 Å². The van der Waals surface area contributed by atoms with Crippen LogP contribution >= 0.6 is 0 Å². The predicted molar refractivity (Wildman–Crippen MR) is 114 cm³/mol. The molecular formula is C23H18N4O5.